The van der Waals surface area contributed by atoms with E-state index < -0.39 is 0 Å². The average molecular weight is 388 g/mol. The lowest BCUT2D eigenvalue weighted by atomic mass is 10.1. The highest BCUT2D eigenvalue weighted by Crippen LogP contribution is 2.30. The first-order valence-corrected chi connectivity index (χ1v) is 10.2. The van der Waals surface area contributed by atoms with Crippen LogP contribution in [0.2, 0.25) is 0 Å². The molecule has 1 fully saturated rings. The average Bonchev–Trinajstić information content (AvgIpc) is 3.20. The number of pyridine rings is 1. The van der Waals surface area contributed by atoms with Crippen LogP contribution in [0.1, 0.15) is 30.5 Å². The molecule has 29 heavy (non-hydrogen) atoms. The van der Waals surface area contributed by atoms with Gasteiger partial charge in [-0.2, -0.15) is 0 Å². The minimum Gasteiger partial charge on any atom is -0.339 e. The monoisotopic (exact) mass is 388 g/mol. The van der Waals surface area contributed by atoms with E-state index in [1.54, 1.807) is 6.33 Å². The number of carbonyl (C=O) groups is 1. The van der Waals surface area contributed by atoms with Crippen LogP contribution in [0, 0.1) is 0 Å². The van der Waals surface area contributed by atoms with Gasteiger partial charge in [-0.3, -0.25) is 14.8 Å². The zero-order valence-electron chi connectivity index (χ0n) is 16.3. The third-order valence-corrected chi connectivity index (χ3v) is 5.86. The van der Waals surface area contributed by atoms with E-state index in [1.165, 1.54) is 6.42 Å². The second-order valence-corrected chi connectivity index (χ2v) is 7.74. The van der Waals surface area contributed by atoms with Gasteiger partial charge in [0.1, 0.15) is 18.3 Å². The molecule has 0 amide bonds. The first-order valence-electron chi connectivity index (χ1n) is 10.2. The summed E-state index contributed by atoms with van der Waals surface area (Å²) >= 11 is 0. The molecule has 2 aliphatic heterocycles. The van der Waals surface area contributed by atoms with Crippen molar-refractivity contribution in [2.45, 2.75) is 38.5 Å². The van der Waals surface area contributed by atoms with E-state index in [4.69, 9.17) is 0 Å². The Morgan fingerprint density at radius 3 is 2.72 bits per heavy atom. The second kappa shape index (κ2) is 7.85. The Labute approximate surface area is 169 Å². The number of fused-ring (bicyclic) bond motifs is 2. The number of hydrogen-bond donors (Lipinski definition) is 1. The van der Waals surface area contributed by atoms with E-state index >= 15 is 0 Å². The molecule has 2 aliphatic rings. The molecule has 0 spiro atoms. The van der Waals surface area contributed by atoms with Crippen LogP contribution in [-0.4, -0.2) is 50.3 Å². The van der Waals surface area contributed by atoms with Crippen molar-refractivity contribution in [3.8, 4) is 0 Å². The number of aldehydes is 1. The molecule has 0 aliphatic carbocycles. The molecule has 0 saturated carbocycles. The molecule has 1 saturated heterocycles. The van der Waals surface area contributed by atoms with Crippen LogP contribution in [0.25, 0.3) is 10.9 Å². The predicted octanol–water partition coefficient (Wildman–Crippen LogP) is 3.09. The van der Waals surface area contributed by atoms with Gasteiger partial charge in [-0.05, 0) is 25.0 Å². The van der Waals surface area contributed by atoms with Crippen LogP contribution < -0.4 is 5.32 Å². The van der Waals surface area contributed by atoms with Gasteiger partial charge in [0.05, 0.1) is 23.1 Å². The summed E-state index contributed by atoms with van der Waals surface area (Å²) in [5, 5.41) is 4.49. The standard InChI is InChI=1S/C22H24N6O/c29-14-21(27-8-4-1-5-9-27)28-12-18-20(13-28)24-15-25-22(18)26-17-10-16-6-2-3-7-19(16)23-11-17/h2-3,6-7,10-11,14-15,21H,1,4-5,8-9,12-13H2,(H,24,25,26). The van der Waals surface area contributed by atoms with Gasteiger partial charge in [0.2, 0.25) is 0 Å². The van der Waals surface area contributed by atoms with E-state index in [2.05, 4.69) is 36.1 Å². The summed E-state index contributed by atoms with van der Waals surface area (Å²) in [6.45, 7) is 3.30. The summed E-state index contributed by atoms with van der Waals surface area (Å²) in [7, 11) is 0. The number of nitrogens with one attached hydrogen (secondary N) is 1. The fourth-order valence-electron chi connectivity index (χ4n) is 4.36. The van der Waals surface area contributed by atoms with Crippen LogP contribution in [0.5, 0.6) is 0 Å². The predicted molar refractivity (Wildman–Crippen MR) is 112 cm³/mol. The zero-order chi connectivity index (χ0) is 19.6. The molecule has 1 aromatic carbocycles. The molecule has 5 rings (SSSR count). The Hall–Kier alpha value is -2.90. The molecule has 1 N–H and O–H groups in total. The van der Waals surface area contributed by atoms with E-state index in [9.17, 15) is 4.79 Å². The van der Waals surface area contributed by atoms with Crippen LogP contribution in [0.4, 0.5) is 11.5 Å². The van der Waals surface area contributed by atoms with Crippen molar-refractivity contribution in [3.05, 3.63) is 54.1 Å². The summed E-state index contributed by atoms with van der Waals surface area (Å²) in [6, 6.07) is 10.1. The van der Waals surface area contributed by atoms with E-state index in [-0.39, 0.29) is 6.17 Å². The second-order valence-electron chi connectivity index (χ2n) is 7.74. The lowest BCUT2D eigenvalue weighted by Crippen LogP contribution is -2.49. The maximum atomic E-state index is 11.9. The summed E-state index contributed by atoms with van der Waals surface area (Å²) in [5.74, 6) is 0.790. The Morgan fingerprint density at radius 1 is 1.00 bits per heavy atom. The zero-order valence-corrected chi connectivity index (χ0v) is 16.3. The van der Waals surface area contributed by atoms with Crippen molar-refractivity contribution in [3.63, 3.8) is 0 Å². The normalized spacial score (nSPS) is 18.5. The van der Waals surface area contributed by atoms with Crippen molar-refractivity contribution in [2.24, 2.45) is 0 Å². The molecular formula is C22H24N6O. The molecule has 1 unspecified atom stereocenters. The van der Waals surface area contributed by atoms with Gasteiger partial charge in [-0.25, -0.2) is 9.97 Å². The number of likely N-dealkylation sites (tertiary alicyclic amines) is 1. The maximum absolute atomic E-state index is 11.9. The number of rotatable bonds is 5. The number of aromatic nitrogens is 3. The molecule has 7 heteroatoms. The molecule has 4 heterocycles. The summed E-state index contributed by atoms with van der Waals surface area (Å²) in [5.41, 5.74) is 3.91. The molecule has 0 bridgehead atoms. The Kier molecular flexibility index (Phi) is 4.91. The van der Waals surface area contributed by atoms with Crippen molar-refractivity contribution < 1.29 is 4.79 Å². The molecular weight excluding hydrogens is 364 g/mol. The maximum Gasteiger partial charge on any atom is 0.151 e. The van der Waals surface area contributed by atoms with Crippen molar-refractivity contribution >= 4 is 28.7 Å². The first kappa shape index (κ1) is 18.1. The number of hydrogen-bond acceptors (Lipinski definition) is 7. The number of benzene rings is 1. The third kappa shape index (κ3) is 3.59. The van der Waals surface area contributed by atoms with Gasteiger partial charge in [0, 0.05) is 37.1 Å². The fourth-order valence-corrected chi connectivity index (χ4v) is 4.36. The number of para-hydroxylation sites is 1. The van der Waals surface area contributed by atoms with Gasteiger partial charge in [-0.1, -0.05) is 24.6 Å². The highest BCUT2D eigenvalue weighted by Gasteiger charge is 2.32. The summed E-state index contributed by atoms with van der Waals surface area (Å²) < 4.78 is 0. The van der Waals surface area contributed by atoms with Crippen molar-refractivity contribution in [1.82, 2.24) is 24.8 Å². The van der Waals surface area contributed by atoms with Crippen LogP contribution in [-0.2, 0) is 17.9 Å². The molecule has 0 radical (unpaired) electrons. The van der Waals surface area contributed by atoms with Crippen LogP contribution >= 0.6 is 0 Å². The smallest absolute Gasteiger partial charge is 0.151 e. The summed E-state index contributed by atoms with van der Waals surface area (Å²) in [6.07, 6.45) is 7.87. The van der Waals surface area contributed by atoms with Gasteiger partial charge in [0.25, 0.3) is 0 Å². The molecule has 148 valence electrons. The third-order valence-electron chi connectivity index (χ3n) is 5.86. The fraction of sp³-hybridized carbons (Fsp3) is 0.364. The minimum atomic E-state index is -0.195. The van der Waals surface area contributed by atoms with Crippen molar-refractivity contribution in [1.29, 1.82) is 0 Å². The largest absolute Gasteiger partial charge is 0.339 e. The molecule has 1 atom stereocenters. The lowest BCUT2D eigenvalue weighted by Gasteiger charge is -2.36. The molecule has 7 nitrogen and oxygen atoms in total. The quantitative estimate of drug-likeness (QED) is 0.673. The van der Waals surface area contributed by atoms with E-state index in [1.807, 2.05) is 30.5 Å². The highest BCUT2D eigenvalue weighted by molar-refractivity contribution is 5.82. The Morgan fingerprint density at radius 2 is 1.86 bits per heavy atom. The van der Waals surface area contributed by atoms with Crippen LogP contribution in [0.3, 0.4) is 0 Å². The number of anilines is 2. The number of nitrogens with zero attached hydrogens (tertiary/aromatic N) is 5. The highest BCUT2D eigenvalue weighted by atomic mass is 16.1. The van der Waals surface area contributed by atoms with Crippen molar-refractivity contribution in [2.75, 3.05) is 18.4 Å². The van der Waals surface area contributed by atoms with E-state index in [0.29, 0.717) is 13.1 Å². The summed E-state index contributed by atoms with van der Waals surface area (Å²) in [4.78, 5) is 29.9. The minimum absolute atomic E-state index is 0.195. The Balaban J connectivity index is 1.38. The number of piperidine rings is 1. The van der Waals surface area contributed by atoms with Gasteiger partial charge < -0.3 is 10.1 Å². The first-order chi connectivity index (χ1) is 14.3. The lowest BCUT2D eigenvalue weighted by molar-refractivity contribution is -0.120. The Bertz CT molecular complexity index is 1030. The van der Waals surface area contributed by atoms with Crippen LogP contribution in [0.15, 0.2) is 42.9 Å². The van der Waals surface area contributed by atoms with E-state index in [0.717, 1.165) is 65.9 Å². The topological polar surface area (TPSA) is 74.2 Å². The van der Waals surface area contributed by atoms with Gasteiger partial charge >= 0.3 is 0 Å². The van der Waals surface area contributed by atoms with Gasteiger partial charge in [-0.15, -0.1) is 0 Å². The molecule has 2 aromatic heterocycles. The molecule has 3 aromatic rings. The number of carbonyl (C=O) groups excluding carboxylic acids is 1. The SMILES string of the molecule is O=CC(N1CCCCC1)N1Cc2ncnc(Nc3cnc4ccccc4c3)c2C1. The van der Waals surface area contributed by atoms with Gasteiger partial charge in [0.15, 0.2) is 6.29 Å².